The number of esters is 1. The number of rotatable bonds is 3. The van der Waals surface area contributed by atoms with Crippen LogP contribution in [0.25, 0.3) is 0 Å². The van der Waals surface area contributed by atoms with Gasteiger partial charge in [0.1, 0.15) is 5.75 Å². The summed E-state index contributed by atoms with van der Waals surface area (Å²) in [6.45, 7) is 2.39. The van der Waals surface area contributed by atoms with Crippen molar-refractivity contribution < 1.29 is 9.53 Å². The highest BCUT2D eigenvalue weighted by Gasteiger charge is 2.19. The van der Waals surface area contributed by atoms with Gasteiger partial charge >= 0.3 is 5.97 Å². The second-order valence-corrected chi connectivity index (χ2v) is 3.99. The Bertz CT molecular complexity index is 580. The van der Waals surface area contributed by atoms with Gasteiger partial charge in [-0.2, -0.15) is 5.10 Å². The van der Waals surface area contributed by atoms with Gasteiger partial charge < -0.3 is 10.5 Å². The summed E-state index contributed by atoms with van der Waals surface area (Å²) < 4.78 is 6.68. The van der Waals surface area contributed by atoms with Crippen LogP contribution in [0, 0.1) is 0 Å². The molecule has 0 aliphatic heterocycles. The highest BCUT2D eigenvalue weighted by molar-refractivity contribution is 6.32. The molecule has 1 aromatic heterocycles. The molecule has 5 nitrogen and oxygen atoms in total. The number of carbonyl (C=O) groups is 1. The van der Waals surface area contributed by atoms with Crippen molar-refractivity contribution in [2.45, 2.75) is 13.5 Å². The number of para-hydroxylation sites is 1. The Labute approximate surface area is 109 Å². The van der Waals surface area contributed by atoms with Crippen molar-refractivity contribution in [2.24, 2.45) is 0 Å². The van der Waals surface area contributed by atoms with Gasteiger partial charge in [-0.05, 0) is 19.1 Å². The lowest BCUT2D eigenvalue weighted by atomic mass is 10.3. The fourth-order valence-electron chi connectivity index (χ4n) is 1.54. The van der Waals surface area contributed by atoms with Crippen molar-refractivity contribution >= 4 is 23.3 Å². The summed E-state index contributed by atoms with van der Waals surface area (Å²) in [6.07, 6.45) is 1.42. The molecule has 0 radical (unpaired) electrons. The van der Waals surface area contributed by atoms with Gasteiger partial charge in [-0.15, -0.1) is 0 Å². The molecule has 94 valence electrons. The normalized spacial score (nSPS) is 10.3. The molecule has 2 aromatic rings. The van der Waals surface area contributed by atoms with Crippen LogP contribution in [0.1, 0.15) is 17.4 Å². The highest BCUT2D eigenvalue weighted by atomic mass is 35.5. The van der Waals surface area contributed by atoms with Crippen LogP contribution >= 0.6 is 11.6 Å². The largest absolute Gasteiger partial charge is 0.420 e. The van der Waals surface area contributed by atoms with Gasteiger partial charge in [-0.3, -0.25) is 4.68 Å². The van der Waals surface area contributed by atoms with Gasteiger partial charge in [0.15, 0.2) is 5.69 Å². The van der Waals surface area contributed by atoms with E-state index < -0.39 is 5.97 Å². The summed E-state index contributed by atoms with van der Waals surface area (Å²) >= 11 is 5.91. The fourth-order valence-corrected chi connectivity index (χ4v) is 1.71. The predicted molar refractivity (Wildman–Crippen MR) is 68.7 cm³/mol. The number of hydrogen-bond donors (Lipinski definition) is 1. The maximum Gasteiger partial charge on any atom is 0.364 e. The van der Waals surface area contributed by atoms with Crippen LogP contribution in [0.15, 0.2) is 30.5 Å². The van der Waals surface area contributed by atoms with E-state index in [9.17, 15) is 4.79 Å². The minimum absolute atomic E-state index is 0.234. The van der Waals surface area contributed by atoms with Gasteiger partial charge in [0.05, 0.1) is 16.9 Å². The van der Waals surface area contributed by atoms with Gasteiger partial charge in [-0.1, -0.05) is 23.7 Å². The van der Waals surface area contributed by atoms with Crippen LogP contribution in [-0.2, 0) is 6.54 Å². The number of nitrogens with two attached hydrogens (primary N) is 1. The van der Waals surface area contributed by atoms with E-state index in [0.717, 1.165) is 0 Å². The Kier molecular flexibility index (Phi) is 3.53. The topological polar surface area (TPSA) is 70.1 Å². The zero-order valence-corrected chi connectivity index (χ0v) is 10.5. The van der Waals surface area contributed by atoms with E-state index in [-0.39, 0.29) is 11.4 Å². The van der Waals surface area contributed by atoms with Crippen LogP contribution in [0.4, 0.5) is 5.69 Å². The highest BCUT2D eigenvalue weighted by Crippen LogP contribution is 2.24. The summed E-state index contributed by atoms with van der Waals surface area (Å²) in [7, 11) is 0. The maximum absolute atomic E-state index is 12.0. The molecular weight excluding hydrogens is 254 g/mol. The second-order valence-electron chi connectivity index (χ2n) is 3.58. The smallest absolute Gasteiger partial charge is 0.364 e. The van der Waals surface area contributed by atoms with E-state index in [0.29, 0.717) is 17.3 Å². The van der Waals surface area contributed by atoms with Crippen molar-refractivity contribution in [3.05, 3.63) is 41.2 Å². The molecule has 1 aromatic carbocycles. The van der Waals surface area contributed by atoms with Gasteiger partial charge in [-0.25, -0.2) is 4.79 Å². The summed E-state index contributed by atoms with van der Waals surface area (Å²) in [5.41, 5.74) is 6.21. The Morgan fingerprint density at radius 3 is 2.89 bits per heavy atom. The third-order valence-corrected chi connectivity index (χ3v) is 2.71. The van der Waals surface area contributed by atoms with Gasteiger partial charge in [0.25, 0.3) is 0 Å². The number of hydrogen-bond acceptors (Lipinski definition) is 4. The monoisotopic (exact) mass is 265 g/mol. The predicted octanol–water partition coefficient (Wildman–Crippen LogP) is 2.36. The number of aryl methyl sites for hydroxylation is 1. The zero-order chi connectivity index (χ0) is 13.1. The van der Waals surface area contributed by atoms with E-state index in [1.54, 1.807) is 24.3 Å². The molecule has 2 rings (SSSR count). The summed E-state index contributed by atoms with van der Waals surface area (Å²) in [4.78, 5) is 12.0. The number of nitrogens with zero attached hydrogens (tertiary/aromatic N) is 2. The van der Waals surface area contributed by atoms with Crippen LogP contribution in [0.3, 0.4) is 0 Å². The molecule has 0 amide bonds. The molecule has 18 heavy (non-hydrogen) atoms. The molecular formula is C12H12ClN3O2. The van der Waals surface area contributed by atoms with Crippen molar-refractivity contribution in [1.82, 2.24) is 9.78 Å². The maximum atomic E-state index is 12.0. The van der Waals surface area contributed by atoms with Crippen LogP contribution < -0.4 is 10.5 Å². The Hall–Kier alpha value is -2.01. The van der Waals surface area contributed by atoms with E-state index >= 15 is 0 Å². The first-order valence-electron chi connectivity index (χ1n) is 5.41. The number of halogens is 1. The number of nitrogen functional groups attached to an aromatic ring is 1. The summed E-state index contributed by atoms with van der Waals surface area (Å²) in [6, 6.07) is 6.74. The van der Waals surface area contributed by atoms with Crippen molar-refractivity contribution in [2.75, 3.05) is 5.73 Å². The molecule has 0 aliphatic rings. The number of aromatic nitrogens is 2. The lowest BCUT2D eigenvalue weighted by Crippen LogP contribution is -2.16. The van der Waals surface area contributed by atoms with Crippen molar-refractivity contribution in [1.29, 1.82) is 0 Å². The van der Waals surface area contributed by atoms with Gasteiger partial charge in [0, 0.05) is 6.54 Å². The summed E-state index contributed by atoms with van der Waals surface area (Å²) in [5, 5.41) is 4.34. The molecule has 0 bridgehead atoms. The first-order chi connectivity index (χ1) is 8.63. The van der Waals surface area contributed by atoms with E-state index in [1.165, 1.54) is 10.9 Å². The first-order valence-corrected chi connectivity index (χ1v) is 5.79. The SMILES string of the molecule is CCn1ncc(N)c1C(=O)Oc1ccccc1Cl. The quantitative estimate of drug-likeness (QED) is 0.683. The first kappa shape index (κ1) is 12.4. The van der Waals surface area contributed by atoms with Crippen molar-refractivity contribution in [3.63, 3.8) is 0 Å². The summed E-state index contributed by atoms with van der Waals surface area (Å²) in [5.74, 6) is -0.271. The molecule has 2 N–H and O–H groups in total. The van der Waals surface area contributed by atoms with Crippen LogP contribution in [0.5, 0.6) is 5.75 Å². The number of anilines is 1. The molecule has 0 fully saturated rings. The third-order valence-electron chi connectivity index (χ3n) is 2.40. The van der Waals surface area contributed by atoms with Crippen LogP contribution in [0.2, 0.25) is 5.02 Å². The molecule has 0 saturated carbocycles. The Morgan fingerprint density at radius 1 is 1.50 bits per heavy atom. The molecule has 0 atom stereocenters. The Balaban J connectivity index is 2.28. The lowest BCUT2D eigenvalue weighted by molar-refractivity contribution is 0.0723. The number of ether oxygens (including phenoxy) is 1. The minimum Gasteiger partial charge on any atom is -0.420 e. The third kappa shape index (κ3) is 2.31. The van der Waals surface area contributed by atoms with Crippen LogP contribution in [-0.4, -0.2) is 15.7 Å². The average Bonchev–Trinajstić information content (AvgIpc) is 2.73. The molecule has 6 heteroatoms. The average molecular weight is 266 g/mol. The molecule has 1 heterocycles. The lowest BCUT2D eigenvalue weighted by Gasteiger charge is -2.07. The van der Waals surface area contributed by atoms with E-state index in [4.69, 9.17) is 22.1 Å². The number of benzene rings is 1. The molecule has 0 saturated heterocycles. The Morgan fingerprint density at radius 2 is 2.22 bits per heavy atom. The fraction of sp³-hybridized carbons (Fsp3) is 0.167. The van der Waals surface area contributed by atoms with Gasteiger partial charge in [0.2, 0.25) is 0 Å². The van der Waals surface area contributed by atoms with E-state index in [2.05, 4.69) is 5.10 Å². The van der Waals surface area contributed by atoms with Crippen molar-refractivity contribution in [3.8, 4) is 5.75 Å². The van der Waals surface area contributed by atoms with E-state index in [1.807, 2.05) is 6.92 Å². The zero-order valence-electron chi connectivity index (χ0n) is 9.76. The molecule has 0 aliphatic carbocycles. The molecule has 0 unspecified atom stereocenters. The number of carbonyl (C=O) groups excluding carboxylic acids is 1. The molecule has 0 spiro atoms. The standard InChI is InChI=1S/C12H12ClN3O2/c1-2-16-11(9(14)7-15-16)12(17)18-10-6-4-3-5-8(10)13/h3-7H,2,14H2,1H3. The minimum atomic E-state index is -0.569. The second kappa shape index (κ2) is 5.10.